The molecule has 0 atom stereocenters. The smallest absolute Gasteiger partial charge is 0.257 e. The zero-order valence-corrected chi connectivity index (χ0v) is 15.3. The molecule has 0 saturated carbocycles. The molecule has 1 amide bonds. The quantitative estimate of drug-likeness (QED) is 0.708. The molecule has 3 aromatic rings. The number of hydrogen-bond donors (Lipinski definition) is 0. The van der Waals surface area contributed by atoms with E-state index in [-0.39, 0.29) is 5.91 Å². The fourth-order valence-electron chi connectivity index (χ4n) is 2.68. The highest BCUT2D eigenvalue weighted by molar-refractivity contribution is 6.00. The highest BCUT2D eigenvalue weighted by Gasteiger charge is 2.22. The minimum atomic E-state index is -0.132. The van der Waals surface area contributed by atoms with Crippen LogP contribution in [-0.4, -0.2) is 48.9 Å². The van der Waals surface area contributed by atoms with Gasteiger partial charge in [-0.25, -0.2) is 4.68 Å². The lowest BCUT2D eigenvalue weighted by atomic mass is 10.1. The molecular formula is C20H21N3O3. The van der Waals surface area contributed by atoms with E-state index in [1.165, 1.54) is 4.90 Å². The van der Waals surface area contributed by atoms with E-state index >= 15 is 0 Å². The number of amides is 1. The molecule has 6 nitrogen and oxygen atoms in total. The lowest BCUT2D eigenvalue weighted by Gasteiger charge is -2.12. The molecule has 134 valence electrons. The highest BCUT2D eigenvalue weighted by atomic mass is 16.5. The third kappa shape index (κ3) is 3.26. The van der Waals surface area contributed by atoms with Crippen molar-refractivity contribution in [1.29, 1.82) is 0 Å². The van der Waals surface area contributed by atoms with Gasteiger partial charge in [-0.3, -0.25) is 4.79 Å². The van der Waals surface area contributed by atoms with Crippen molar-refractivity contribution in [3.8, 4) is 28.4 Å². The summed E-state index contributed by atoms with van der Waals surface area (Å²) in [6, 6.07) is 15.1. The van der Waals surface area contributed by atoms with Crippen LogP contribution in [0.5, 0.6) is 11.5 Å². The summed E-state index contributed by atoms with van der Waals surface area (Å²) in [6.07, 6.45) is 1.74. The molecule has 0 bridgehead atoms. The van der Waals surface area contributed by atoms with Gasteiger partial charge in [-0.1, -0.05) is 18.2 Å². The topological polar surface area (TPSA) is 56.6 Å². The first-order valence-electron chi connectivity index (χ1n) is 8.14. The van der Waals surface area contributed by atoms with E-state index in [4.69, 9.17) is 9.47 Å². The molecule has 0 aliphatic carbocycles. The van der Waals surface area contributed by atoms with Crippen LogP contribution in [0, 0.1) is 0 Å². The standard InChI is InChI=1S/C20H21N3O3/c1-22(2)20(24)17-13-23(14-8-6-5-7-9-14)21-19(17)16-12-15(25-3)10-11-18(16)26-4/h5-13H,1-4H3. The van der Waals surface area contributed by atoms with Crippen LogP contribution in [0.2, 0.25) is 0 Å². The Hall–Kier alpha value is -3.28. The molecule has 0 radical (unpaired) electrons. The Bertz CT molecular complexity index is 917. The monoisotopic (exact) mass is 351 g/mol. The molecule has 26 heavy (non-hydrogen) atoms. The van der Waals surface area contributed by atoms with Gasteiger partial charge >= 0.3 is 0 Å². The second-order valence-electron chi connectivity index (χ2n) is 5.94. The van der Waals surface area contributed by atoms with Gasteiger partial charge in [0.15, 0.2) is 0 Å². The van der Waals surface area contributed by atoms with Crippen molar-refractivity contribution in [2.45, 2.75) is 0 Å². The van der Waals surface area contributed by atoms with Crippen molar-refractivity contribution in [1.82, 2.24) is 14.7 Å². The van der Waals surface area contributed by atoms with Crippen LogP contribution in [0.25, 0.3) is 16.9 Å². The maximum Gasteiger partial charge on any atom is 0.257 e. The summed E-state index contributed by atoms with van der Waals surface area (Å²) in [6.45, 7) is 0. The van der Waals surface area contributed by atoms with Gasteiger partial charge in [0, 0.05) is 25.9 Å². The van der Waals surface area contributed by atoms with Crippen molar-refractivity contribution in [3.05, 3.63) is 60.3 Å². The van der Waals surface area contributed by atoms with E-state index in [1.54, 1.807) is 45.3 Å². The zero-order valence-electron chi connectivity index (χ0n) is 15.3. The number of carbonyl (C=O) groups is 1. The SMILES string of the molecule is COc1ccc(OC)c(-c2nn(-c3ccccc3)cc2C(=O)N(C)C)c1. The lowest BCUT2D eigenvalue weighted by molar-refractivity contribution is 0.0828. The minimum Gasteiger partial charge on any atom is -0.497 e. The summed E-state index contributed by atoms with van der Waals surface area (Å²) in [4.78, 5) is 14.3. The Morgan fingerprint density at radius 2 is 1.77 bits per heavy atom. The average molecular weight is 351 g/mol. The van der Waals surface area contributed by atoms with E-state index in [2.05, 4.69) is 5.10 Å². The van der Waals surface area contributed by atoms with Crippen LogP contribution < -0.4 is 9.47 Å². The molecule has 0 aliphatic heterocycles. The number of rotatable bonds is 5. The molecule has 0 fully saturated rings. The summed E-state index contributed by atoms with van der Waals surface area (Å²) < 4.78 is 12.5. The van der Waals surface area contributed by atoms with E-state index < -0.39 is 0 Å². The maximum absolute atomic E-state index is 12.7. The van der Waals surface area contributed by atoms with Gasteiger partial charge in [0.05, 0.1) is 25.5 Å². The molecule has 6 heteroatoms. The normalized spacial score (nSPS) is 10.5. The van der Waals surface area contributed by atoms with Crippen molar-refractivity contribution in [2.75, 3.05) is 28.3 Å². The fourth-order valence-corrected chi connectivity index (χ4v) is 2.68. The summed E-state index contributed by atoms with van der Waals surface area (Å²) >= 11 is 0. The predicted octanol–water partition coefficient (Wildman–Crippen LogP) is 3.26. The van der Waals surface area contributed by atoms with E-state index in [0.717, 1.165) is 5.69 Å². The van der Waals surface area contributed by atoms with Crippen molar-refractivity contribution < 1.29 is 14.3 Å². The van der Waals surface area contributed by atoms with Gasteiger partial charge in [0.2, 0.25) is 0 Å². The summed E-state index contributed by atoms with van der Waals surface area (Å²) in [5.74, 6) is 1.15. The van der Waals surface area contributed by atoms with Crippen LogP contribution in [0.15, 0.2) is 54.7 Å². The van der Waals surface area contributed by atoms with Gasteiger partial charge in [0.25, 0.3) is 5.91 Å². The molecule has 1 aromatic heterocycles. The number of methoxy groups -OCH3 is 2. The van der Waals surface area contributed by atoms with Gasteiger partial charge < -0.3 is 14.4 Å². The van der Waals surface area contributed by atoms with Crippen LogP contribution in [0.1, 0.15) is 10.4 Å². The van der Waals surface area contributed by atoms with Gasteiger partial charge in [0.1, 0.15) is 17.2 Å². The summed E-state index contributed by atoms with van der Waals surface area (Å²) in [5, 5.41) is 4.67. The molecule has 0 N–H and O–H groups in total. The molecule has 0 spiro atoms. The first kappa shape index (κ1) is 17.5. The van der Waals surface area contributed by atoms with Crippen LogP contribution >= 0.6 is 0 Å². The number of benzene rings is 2. The van der Waals surface area contributed by atoms with Crippen molar-refractivity contribution in [3.63, 3.8) is 0 Å². The summed E-state index contributed by atoms with van der Waals surface area (Å²) in [5.41, 5.74) is 2.61. The Morgan fingerprint density at radius 1 is 1.04 bits per heavy atom. The number of hydrogen-bond acceptors (Lipinski definition) is 4. The van der Waals surface area contributed by atoms with Crippen LogP contribution in [0.3, 0.4) is 0 Å². The second-order valence-corrected chi connectivity index (χ2v) is 5.94. The maximum atomic E-state index is 12.7. The Labute approximate surface area is 152 Å². The predicted molar refractivity (Wildman–Crippen MR) is 100 cm³/mol. The number of carbonyl (C=O) groups excluding carboxylic acids is 1. The Kier molecular flexibility index (Phi) is 4.93. The Morgan fingerprint density at radius 3 is 2.38 bits per heavy atom. The Balaban J connectivity index is 2.23. The third-order valence-electron chi connectivity index (χ3n) is 4.03. The molecule has 3 rings (SSSR count). The van der Waals surface area contributed by atoms with Crippen LogP contribution in [-0.2, 0) is 0 Å². The minimum absolute atomic E-state index is 0.132. The first-order chi connectivity index (χ1) is 12.5. The lowest BCUT2D eigenvalue weighted by Crippen LogP contribution is -2.21. The van der Waals surface area contributed by atoms with Crippen molar-refractivity contribution >= 4 is 5.91 Å². The summed E-state index contributed by atoms with van der Waals surface area (Å²) in [7, 11) is 6.62. The molecule has 1 heterocycles. The van der Waals surface area contributed by atoms with E-state index in [0.29, 0.717) is 28.3 Å². The third-order valence-corrected chi connectivity index (χ3v) is 4.03. The molecule has 2 aromatic carbocycles. The molecule has 0 unspecified atom stereocenters. The molecular weight excluding hydrogens is 330 g/mol. The highest BCUT2D eigenvalue weighted by Crippen LogP contribution is 2.35. The fraction of sp³-hybridized carbons (Fsp3) is 0.200. The van der Waals surface area contributed by atoms with Crippen LogP contribution in [0.4, 0.5) is 0 Å². The number of aromatic nitrogens is 2. The van der Waals surface area contributed by atoms with Gasteiger partial charge in [-0.15, -0.1) is 0 Å². The average Bonchev–Trinajstić information content (AvgIpc) is 3.12. The van der Waals surface area contributed by atoms with Gasteiger partial charge in [-0.05, 0) is 30.3 Å². The number of ether oxygens (including phenoxy) is 2. The number of para-hydroxylation sites is 1. The second kappa shape index (κ2) is 7.31. The zero-order chi connectivity index (χ0) is 18.7. The van der Waals surface area contributed by atoms with E-state index in [9.17, 15) is 4.79 Å². The molecule has 0 saturated heterocycles. The van der Waals surface area contributed by atoms with Gasteiger partial charge in [-0.2, -0.15) is 5.10 Å². The number of nitrogens with zero attached hydrogens (tertiary/aromatic N) is 3. The largest absolute Gasteiger partial charge is 0.497 e. The van der Waals surface area contributed by atoms with Crippen molar-refractivity contribution in [2.24, 2.45) is 0 Å². The molecule has 0 aliphatic rings. The first-order valence-corrected chi connectivity index (χ1v) is 8.14. The van der Waals surface area contributed by atoms with E-state index in [1.807, 2.05) is 42.5 Å².